The molecule has 0 aromatic heterocycles. The third-order valence-corrected chi connectivity index (χ3v) is 1.75. The molecule has 1 aliphatic carbocycles. The summed E-state index contributed by atoms with van der Waals surface area (Å²) >= 11 is 0. The first-order chi connectivity index (χ1) is 5.40. The van der Waals surface area contributed by atoms with Crippen LogP contribution in [0.15, 0.2) is 52.7 Å². The molecular weight excluding hydrogens is 134 g/mol. The molecule has 2 aliphatic rings. The second kappa shape index (κ2) is 2.35. The number of hydrogen-bond acceptors (Lipinski definition) is 1. The summed E-state index contributed by atoms with van der Waals surface area (Å²) < 4.78 is 0. The van der Waals surface area contributed by atoms with Crippen molar-refractivity contribution >= 4 is 5.71 Å². The number of fused-ring (bicyclic) bond motifs is 1. The fourth-order valence-electron chi connectivity index (χ4n) is 1.27. The summed E-state index contributed by atoms with van der Waals surface area (Å²) in [6.07, 6.45) is 12.2. The molecule has 0 N–H and O–H groups in total. The highest BCUT2D eigenvalue weighted by Gasteiger charge is 2.11. The van der Waals surface area contributed by atoms with Crippen molar-refractivity contribution < 1.29 is 0 Å². The van der Waals surface area contributed by atoms with Crippen LogP contribution in [-0.2, 0) is 0 Å². The summed E-state index contributed by atoms with van der Waals surface area (Å²) in [4.78, 5) is 4.19. The maximum atomic E-state index is 4.19. The van der Waals surface area contributed by atoms with Crippen LogP contribution in [0.2, 0.25) is 0 Å². The Kier molecular flexibility index (Phi) is 1.35. The highest BCUT2D eigenvalue weighted by Crippen LogP contribution is 2.21. The number of aliphatic imine (C=N–C) groups is 1. The molecule has 0 aromatic carbocycles. The van der Waals surface area contributed by atoms with Crippen LogP contribution < -0.4 is 0 Å². The Labute approximate surface area is 66.1 Å². The fourth-order valence-corrected chi connectivity index (χ4v) is 1.27. The molecule has 0 atom stereocenters. The van der Waals surface area contributed by atoms with Crippen molar-refractivity contribution in [3.05, 3.63) is 47.7 Å². The molecule has 1 heteroatoms. The molecule has 0 spiro atoms. The van der Waals surface area contributed by atoms with Crippen LogP contribution in [0, 0.1) is 0 Å². The second-order valence-electron chi connectivity index (χ2n) is 2.57. The Balaban J connectivity index is 2.34. The van der Waals surface area contributed by atoms with Gasteiger partial charge in [0, 0.05) is 11.8 Å². The van der Waals surface area contributed by atoms with Crippen LogP contribution in [0.5, 0.6) is 0 Å². The molecule has 1 aliphatic heterocycles. The molecule has 1 nitrogen and oxygen atoms in total. The standard InChI is InChI=1S/C10H9N/c1-2-3-8-6-9-4-5-11-10(9)7-8/h2-7H,1H3. The molecule has 0 aromatic rings. The molecular formula is C10H9N. The van der Waals surface area contributed by atoms with E-state index in [0.717, 1.165) is 5.71 Å². The SMILES string of the molecule is CC=CC1=CC2=NC=CC2=C1. The zero-order chi connectivity index (χ0) is 7.68. The summed E-state index contributed by atoms with van der Waals surface area (Å²) in [6, 6.07) is 0. The first-order valence-electron chi connectivity index (χ1n) is 3.71. The molecule has 1 heterocycles. The Morgan fingerprint density at radius 3 is 3.00 bits per heavy atom. The van der Waals surface area contributed by atoms with Gasteiger partial charge in [-0.2, -0.15) is 0 Å². The van der Waals surface area contributed by atoms with Crippen LogP contribution in [0.1, 0.15) is 6.92 Å². The molecule has 0 amide bonds. The lowest BCUT2D eigenvalue weighted by Gasteiger charge is -1.82. The highest BCUT2D eigenvalue weighted by molar-refractivity contribution is 6.15. The number of nitrogens with zero attached hydrogens (tertiary/aromatic N) is 1. The van der Waals surface area contributed by atoms with Gasteiger partial charge in [0.2, 0.25) is 0 Å². The third kappa shape index (κ3) is 0.984. The predicted molar refractivity (Wildman–Crippen MR) is 47.6 cm³/mol. The maximum Gasteiger partial charge on any atom is 0.0708 e. The van der Waals surface area contributed by atoms with Crippen molar-refractivity contribution in [2.75, 3.05) is 0 Å². The van der Waals surface area contributed by atoms with Crippen molar-refractivity contribution in [2.24, 2.45) is 4.99 Å². The van der Waals surface area contributed by atoms with E-state index in [1.165, 1.54) is 11.1 Å². The molecule has 54 valence electrons. The Hall–Kier alpha value is -1.37. The molecule has 0 saturated heterocycles. The van der Waals surface area contributed by atoms with Gasteiger partial charge in [-0.1, -0.05) is 12.2 Å². The zero-order valence-corrected chi connectivity index (χ0v) is 6.41. The average Bonchev–Trinajstić information content (AvgIpc) is 2.46. The molecule has 0 bridgehead atoms. The van der Waals surface area contributed by atoms with Crippen LogP contribution in [0.25, 0.3) is 0 Å². The van der Waals surface area contributed by atoms with E-state index >= 15 is 0 Å². The van der Waals surface area contributed by atoms with Crippen LogP contribution >= 0.6 is 0 Å². The van der Waals surface area contributed by atoms with Crippen molar-refractivity contribution in [3.63, 3.8) is 0 Å². The van der Waals surface area contributed by atoms with Crippen LogP contribution in [0.3, 0.4) is 0 Å². The lowest BCUT2D eigenvalue weighted by Crippen LogP contribution is -1.84. The Morgan fingerprint density at radius 1 is 1.36 bits per heavy atom. The maximum absolute atomic E-state index is 4.19. The lowest BCUT2D eigenvalue weighted by molar-refractivity contribution is 1.61. The summed E-state index contributed by atoms with van der Waals surface area (Å²) in [5.41, 5.74) is 3.57. The minimum absolute atomic E-state index is 1.10. The monoisotopic (exact) mass is 143 g/mol. The minimum atomic E-state index is 1.10. The first-order valence-corrected chi connectivity index (χ1v) is 3.71. The van der Waals surface area contributed by atoms with E-state index in [1.807, 2.05) is 25.3 Å². The van der Waals surface area contributed by atoms with Gasteiger partial charge in [-0.25, -0.2) is 0 Å². The average molecular weight is 143 g/mol. The molecule has 2 rings (SSSR count). The molecule has 0 saturated carbocycles. The van der Waals surface area contributed by atoms with Gasteiger partial charge in [0.05, 0.1) is 5.71 Å². The summed E-state index contributed by atoms with van der Waals surface area (Å²) in [5, 5.41) is 0. The quantitative estimate of drug-likeness (QED) is 0.534. The largest absolute Gasteiger partial charge is 0.256 e. The van der Waals surface area contributed by atoms with Crippen molar-refractivity contribution in [3.8, 4) is 0 Å². The molecule has 0 fully saturated rings. The molecule has 11 heavy (non-hydrogen) atoms. The number of rotatable bonds is 1. The Morgan fingerprint density at radius 2 is 2.27 bits per heavy atom. The van der Waals surface area contributed by atoms with E-state index in [9.17, 15) is 0 Å². The van der Waals surface area contributed by atoms with Gasteiger partial charge >= 0.3 is 0 Å². The zero-order valence-electron chi connectivity index (χ0n) is 6.41. The van der Waals surface area contributed by atoms with Gasteiger partial charge < -0.3 is 0 Å². The van der Waals surface area contributed by atoms with Gasteiger partial charge in [-0.3, -0.25) is 4.99 Å². The van der Waals surface area contributed by atoms with E-state index in [4.69, 9.17) is 0 Å². The predicted octanol–water partition coefficient (Wildman–Crippen LogP) is 2.40. The highest BCUT2D eigenvalue weighted by atomic mass is 14.7. The van der Waals surface area contributed by atoms with Crippen LogP contribution in [-0.4, -0.2) is 5.71 Å². The minimum Gasteiger partial charge on any atom is -0.256 e. The van der Waals surface area contributed by atoms with Gasteiger partial charge in [-0.05, 0) is 30.7 Å². The first kappa shape index (κ1) is 6.35. The Bertz CT molecular complexity index is 325. The van der Waals surface area contributed by atoms with Gasteiger partial charge in [0.25, 0.3) is 0 Å². The van der Waals surface area contributed by atoms with Gasteiger partial charge in [-0.15, -0.1) is 0 Å². The third-order valence-electron chi connectivity index (χ3n) is 1.75. The van der Waals surface area contributed by atoms with Gasteiger partial charge in [0.15, 0.2) is 0 Å². The van der Waals surface area contributed by atoms with Gasteiger partial charge in [0.1, 0.15) is 0 Å². The number of hydrogen-bond donors (Lipinski definition) is 0. The topological polar surface area (TPSA) is 12.4 Å². The smallest absolute Gasteiger partial charge is 0.0708 e. The van der Waals surface area contributed by atoms with E-state index < -0.39 is 0 Å². The second-order valence-corrected chi connectivity index (χ2v) is 2.57. The normalized spacial score (nSPS) is 20.3. The van der Waals surface area contributed by atoms with E-state index in [1.54, 1.807) is 0 Å². The summed E-state index contributed by atoms with van der Waals surface area (Å²) in [7, 11) is 0. The molecule has 0 unspecified atom stereocenters. The van der Waals surface area contributed by atoms with E-state index in [0.29, 0.717) is 0 Å². The van der Waals surface area contributed by atoms with E-state index in [-0.39, 0.29) is 0 Å². The molecule has 0 radical (unpaired) electrons. The van der Waals surface area contributed by atoms with Crippen molar-refractivity contribution in [1.29, 1.82) is 0 Å². The lowest BCUT2D eigenvalue weighted by atomic mass is 10.2. The summed E-state index contributed by atoms with van der Waals surface area (Å²) in [5.74, 6) is 0. The summed E-state index contributed by atoms with van der Waals surface area (Å²) in [6.45, 7) is 2.02. The fraction of sp³-hybridized carbons (Fsp3) is 0.100. The van der Waals surface area contributed by atoms with Crippen molar-refractivity contribution in [1.82, 2.24) is 0 Å². The number of allylic oxidation sites excluding steroid dienone is 7. The van der Waals surface area contributed by atoms with Crippen LogP contribution in [0.4, 0.5) is 0 Å². The van der Waals surface area contributed by atoms with E-state index in [2.05, 4.69) is 23.2 Å². The van der Waals surface area contributed by atoms with Crippen molar-refractivity contribution in [2.45, 2.75) is 6.92 Å².